The molecule has 1 unspecified atom stereocenters. The van der Waals surface area contributed by atoms with E-state index in [4.69, 9.17) is 22.1 Å². The highest BCUT2D eigenvalue weighted by molar-refractivity contribution is 6.31. The summed E-state index contributed by atoms with van der Waals surface area (Å²) in [5, 5.41) is 3.15. The maximum atomic E-state index is 11.9. The van der Waals surface area contributed by atoms with Gasteiger partial charge in [0.25, 0.3) is 5.91 Å². The van der Waals surface area contributed by atoms with Crippen molar-refractivity contribution in [3.8, 4) is 0 Å². The molecule has 0 spiro atoms. The van der Waals surface area contributed by atoms with Gasteiger partial charge < -0.3 is 15.8 Å². The normalized spacial score (nSPS) is 15.7. The van der Waals surface area contributed by atoms with Crippen molar-refractivity contribution < 1.29 is 14.3 Å². The second-order valence-electron chi connectivity index (χ2n) is 4.56. The quantitative estimate of drug-likeness (QED) is 0.651. The Morgan fingerprint density at radius 3 is 2.79 bits per heavy atom. The number of carbonyl (C=O) groups excluding carboxylic acids is 2. The Morgan fingerprint density at radius 2 is 2.16 bits per heavy atom. The molecule has 1 aliphatic rings. The van der Waals surface area contributed by atoms with Gasteiger partial charge in [0.2, 0.25) is 0 Å². The molecule has 1 atom stereocenters. The van der Waals surface area contributed by atoms with E-state index in [0.717, 1.165) is 12.8 Å². The number of esters is 1. The maximum Gasteiger partial charge on any atom is 0.341 e. The zero-order valence-corrected chi connectivity index (χ0v) is 11.2. The predicted octanol–water partition coefficient (Wildman–Crippen LogP) is 1.75. The van der Waals surface area contributed by atoms with E-state index in [9.17, 15) is 9.59 Å². The first kappa shape index (κ1) is 13.7. The van der Waals surface area contributed by atoms with Crippen LogP contribution in [0.15, 0.2) is 18.2 Å². The highest BCUT2D eigenvalue weighted by Crippen LogP contribution is 2.20. The fourth-order valence-electron chi connectivity index (χ4n) is 1.53. The number of rotatable bonds is 4. The Hall–Kier alpha value is -1.75. The molecular formula is C13H15ClN2O3. The molecule has 0 aromatic heterocycles. The Morgan fingerprint density at radius 1 is 1.47 bits per heavy atom. The van der Waals surface area contributed by atoms with Crippen LogP contribution in [0.25, 0.3) is 0 Å². The van der Waals surface area contributed by atoms with Crippen LogP contribution in [0, 0.1) is 0 Å². The lowest BCUT2D eigenvalue weighted by molar-refractivity contribution is -0.129. The van der Waals surface area contributed by atoms with Gasteiger partial charge in [-0.3, -0.25) is 4.79 Å². The molecule has 1 amide bonds. The predicted molar refractivity (Wildman–Crippen MR) is 71.9 cm³/mol. The third kappa shape index (κ3) is 3.61. The summed E-state index contributed by atoms with van der Waals surface area (Å²) in [4.78, 5) is 23.6. The summed E-state index contributed by atoms with van der Waals surface area (Å²) in [5.74, 6) is -0.949. The first-order valence-corrected chi connectivity index (χ1v) is 6.41. The van der Waals surface area contributed by atoms with Crippen LogP contribution in [0.1, 0.15) is 30.1 Å². The zero-order valence-electron chi connectivity index (χ0n) is 10.5. The number of ether oxygens (including phenoxy) is 1. The molecule has 1 aliphatic carbocycles. The average Bonchev–Trinajstić information content (AvgIpc) is 3.15. The van der Waals surface area contributed by atoms with Crippen molar-refractivity contribution >= 4 is 29.2 Å². The van der Waals surface area contributed by atoms with E-state index < -0.39 is 12.1 Å². The fourth-order valence-corrected chi connectivity index (χ4v) is 1.70. The van der Waals surface area contributed by atoms with Crippen molar-refractivity contribution in [1.82, 2.24) is 5.32 Å². The number of halogens is 1. The van der Waals surface area contributed by atoms with Crippen LogP contribution in [0.5, 0.6) is 0 Å². The van der Waals surface area contributed by atoms with E-state index in [1.807, 2.05) is 0 Å². The molecule has 1 aromatic rings. The molecule has 5 nitrogen and oxygen atoms in total. The molecule has 1 aromatic carbocycles. The standard InChI is InChI=1S/C13H15ClN2O3/c1-7(12(17)16-9-3-4-9)19-13(18)10-6-8(14)2-5-11(10)15/h2,5-7,9H,3-4,15H2,1H3,(H,16,17). The number of nitrogens with two attached hydrogens (primary N) is 1. The second-order valence-corrected chi connectivity index (χ2v) is 5.00. The summed E-state index contributed by atoms with van der Waals surface area (Å²) in [5.41, 5.74) is 6.11. The summed E-state index contributed by atoms with van der Waals surface area (Å²) in [6, 6.07) is 4.75. The molecule has 3 N–H and O–H groups in total. The number of nitrogen functional groups attached to an aromatic ring is 1. The lowest BCUT2D eigenvalue weighted by Crippen LogP contribution is -2.37. The summed E-state index contributed by atoms with van der Waals surface area (Å²) in [6.45, 7) is 1.52. The van der Waals surface area contributed by atoms with E-state index in [0.29, 0.717) is 5.02 Å². The number of nitrogens with one attached hydrogen (secondary N) is 1. The summed E-state index contributed by atoms with van der Waals surface area (Å²) in [7, 11) is 0. The molecule has 0 aliphatic heterocycles. The SMILES string of the molecule is CC(OC(=O)c1cc(Cl)ccc1N)C(=O)NC1CC1. The molecule has 0 heterocycles. The van der Waals surface area contributed by atoms with Gasteiger partial charge in [-0.1, -0.05) is 11.6 Å². The van der Waals surface area contributed by atoms with Gasteiger partial charge in [-0.15, -0.1) is 0 Å². The monoisotopic (exact) mass is 282 g/mol. The van der Waals surface area contributed by atoms with Crippen molar-refractivity contribution in [3.05, 3.63) is 28.8 Å². The Bertz CT molecular complexity index is 515. The maximum absolute atomic E-state index is 11.9. The molecule has 6 heteroatoms. The number of amides is 1. The highest BCUT2D eigenvalue weighted by Gasteiger charge is 2.27. The number of anilines is 1. The summed E-state index contributed by atoms with van der Waals surface area (Å²) >= 11 is 5.79. The molecule has 1 saturated carbocycles. The molecule has 1 fully saturated rings. The molecular weight excluding hydrogens is 268 g/mol. The largest absolute Gasteiger partial charge is 0.449 e. The van der Waals surface area contributed by atoms with Crippen molar-refractivity contribution in [3.63, 3.8) is 0 Å². The first-order valence-electron chi connectivity index (χ1n) is 6.03. The van der Waals surface area contributed by atoms with E-state index in [1.54, 1.807) is 6.07 Å². The first-order chi connectivity index (χ1) is 8.97. The fraction of sp³-hybridized carbons (Fsp3) is 0.385. The minimum Gasteiger partial charge on any atom is -0.449 e. The second kappa shape index (κ2) is 5.48. The van der Waals surface area contributed by atoms with Gasteiger partial charge in [0.1, 0.15) is 0 Å². The van der Waals surface area contributed by atoms with Crippen molar-refractivity contribution in [2.75, 3.05) is 5.73 Å². The van der Waals surface area contributed by atoms with E-state index >= 15 is 0 Å². The van der Waals surface area contributed by atoms with Gasteiger partial charge in [0.15, 0.2) is 6.10 Å². The number of carbonyl (C=O) groups is 2. The highest BCUT2D eigenvalue weighted by atomic mass is 35.5. The van der Waals surface area contributed by atoms with Gasteiger partial charge in [0.05, 0.1) is 5.56 Å². The molecule has 0 bridgehead atoms. The van der Waals surface area contributed by atoms with Crippen LogP contribution in [-0.4, -0.2) is 24.0 Å². The minimum atomic E-state index is -0.855. The van der Waals surface area contributed by atoms with Crippen LogP contribution >= 0.6 is 11.6 Å². The molecule has 0 radical (unpaired) electrons. The number of benzene rings is 1. The van der Waals surface area contributed by atoms with Crippen LogP contribution in [0.3, 0.4) is 0 Å². The van der Waals surface area contributed by atoms with Crippen LogP contribution in [0.2, 0.25) is 5.02 Å². The van der Waals surface area contributed by atoms with E-state index in [-0.39, 0.29) is 23.2 Å². The molecule has 102 valence electrons. The van der Waals surface area contributed by atoms with Gasteiger partial charge in [-0.25, -0.2) is 4.79 Å². The lowest BCUT2D eigenvalue weighted by Gasteiger charge is -2.14. The average molecular weight is 283 g/mol. The summed E-state index contributed by atoms with van der Waals surface area (Å²) < 4.78 is 5.07. The zero-order chi connectivity index (χ0) is 14.0. The molecule has 2 rings (SSSR count). The van der Waals surface area contributed by atoms with Crippen LogP contribution in [-0.2, 0) is 9.53 Å². The van der Waals surface area contributed by atoms with Crippen molar-refractivity contribution in [2.45, 2.75) is 31.9 Å². The molecule has 19 heavy (non-hydrogen) atoms. The van der Waals surface area contributed by atoms with Gasteiger partial charge in [-0.2, -0.15) is 0 Å². The third-order valence-corrected chi connectivity index (χ3v) is 3.05. The van der Waals surface area contributed by atoms with Crippen molar-refractivity contribution in [1.29, 1.82) is 0 Å². The number of hydrogen-bond acceptors (Lipinski definition) is 4. The van der Waals surface area contributed by atoms with Crippen LogP contribution < -0.4 is 11.1 Å². The number of hydrogen-bond donors (Lipinski definition) is 2. The Labute approximate surface area is 116 Å². The Kier molecular flexibility index (Phi) is 3.95. The lowest BCUT2D eigenvalue weighted by atomic mass is 10.2. The smallest absolute Gasteiger partial charge is 0.341 e. The van der Waals surface area contributed by atoms with Crippen molar-refractivity contribution in [2.24, 2.45) is 0 Å². The van der Waals surface area contributed by atoms with Gasteiger partial charge >= 0.3 is 5.97 Å². The topological polar surface area (TPSA) is 81.4 Å². The van der Waals surface area contributed by atoms with E-state index in [1.165, 1.54) is 19.1 Å². The van der Waals surface area contributed by atoms with E-state index in [2.05, 4.69) is 5.32 Å². The van der Waals surface area contributed by atoms with Gasteiger partial charge in [0, 0.05) is 16.8 Å². The third-order valence-electron chi connectivity index (χ3n) is 2.81. The Balaban J connectivity index is 1.99. The minimum absolute atomic E-state index is 0.165. The van der Waals surface area contributed by atoms with Gasteiger partial charge in [-0.05, 0) is 38.0 Å². The summed E-state index contributed by atoms with van der Waals surface area (Å²) in [6.07, 6.45) is 1.10. The molecule has 0 saturated heterocycles. The van der Waals surface area contributed by atoms with Crippen LogP contribution in [0.4, 0.5) is 5.69 Å².